The third-order valence-corrected chi connectivity index (χ3v) is 5.81. The van der Waals surface area contributed by atoms with E-state index in [0.717, 1.165) is 5.56 Å². The second-order valence-electron chi connectivity index (χ2n) is 6.19. The van der Waals surface area contributed by atoms with Crippen molar-refractivity contribution in [3.63, 3.8) is 0 Å². The number of carbonyl (C=O) groups excluding carboxylic acids is 1. The average molecular weight is 363 g/mol. The van der Waals surface area contributed by atoms with Crippen molar-refractivity contribution in [3.05, 3.63) is 37.1 Å². The minimum atomic E-state index is -3.17. The molecule has 1 aliphatic heterocycles. The highest BCUT2D eigenvalue weighted by Gasteiger charge is 2.29. The molecule has 0 unspecified atom stereocenters. The lowest BCUT2D eigenvalue weighted by atomic mass is 10.1. The van der Waals surface area contributed by atoms with Crippen molar-refractivity contribution < 1.29 is 13.2 Å². The van der Waals surface area contributed by atoms with E-state index in [2.05, 4.69) is 9.97 Å². The monoisotopic (exact) mass is 363 g/mol. The molecule has 0 atom stereocenters. The van der Waals surface area contributed by atoms with E-state index in [4.69, 9.17) is 0 Å². The Morgan fingerprint density at radius 3 is 2.64 bits per heavy atom. The number of piperidine rings is 1. The summed E-state index contributed by atoms with van der Waals surface area (Å²) in [6.45, 7) is 0.873. The Hall–Kier alpha value is -2.26. The van der Waals surface area contributed by atoms with Gasteiger partial charge in [-0.2, -0.15) is 0 Å². The Bertz CT molecular complexity index is 842. The molecule has 0 saturated carbocycles. The molecule has 25 heavy (non-hydrogen) atoms. The Morgan fingerprint density at radius 1 is 1.32 bits per heavy atom. The highest BCUT2D eigenvalue weighted by Crippen LogP contribution is 2.19. The van der Waals surface area contributed by atoms with Crippen molar-refractivity contribution in [1.82, 2.24) is 23.7 Å². The first-order valence-electron chi connectivity index (χ1n) is 8.03. The van der Waals surface area contributed by atoms with Crippen LogP contribution in [0, 0.1) is 0 Å². The van der Waals surface area contributed by atoms with Crippen LogP contribution in [0.5, 0.6) is 0 Å². The molecule has 0 aliphatic carbocycles. The Labute approximate surface area is 147 Å². The number of hydrogen-bond acceptors (Lipinski definition) is 5. The van der Waals surface area contributed by atoms with Crippen LogP contribution in [0.2, 0.25) is 0 Å². The lowest BCUT2D eigenvalue weighted by Gasteiger charge is -2.35. The fourth-order valence-electron chi connectivity index (χ4n) is 2.99. The molecule has 2 aromatic rings. The number of nitrogens with zero attached hydrogens (tertiary/aromatic N) is 5. The molecule has 1 fully saturated rings. The molecule has 3 heterocycles. The van der Waals surface area contributed by atoms with E-state index in [1.54, 1.807) is 30.5 Å². The largest absolute Gasteiger partial charge is 0.329 e. The molecular formula is C16H21N5O3S. The molecule has 0 spiro atoms. The fraction of sp³-hybridized carbons (Fsp3) is 0.438. The van der Waals surface area contributed by atoms with Crippen molar-refractivity contribution in [2.45, 2.75) is 18.9 Å². The highest BCUT2D eigenvalue weighted by atomic mass is 32.2. The fourth-order valence-corrected chi connectivity index (χ4v) is 3.86. The van der Waals surface area contributed by atoms with Crippen LogP contribution in [-0.2, 0) is 10.0 Å². The van der Waals surface area contributed by atoms with Gasteiger partial charge in [0.1, 0.15) is 6.33 Å². The van der Waals surface area contributed by atoms with Gasteiger partial charge in [0.15, 0.2) is 0 Å². The Balaban J connectivity index is 1.67. The minimum absolute atomic E-state index is 0.00902. The van der Waals surface area contributed by atoms with Gasteiger partial charge in [-0.15, -0.1) is 0 Å². The zero-order valence-corrected chi connectivity index (χ0v) is 15.1. The van der Waals surface area contributed by atoms with Gasteiger partial charge in [-0.3, -0.25) is 9.55 Å². The molecule has 1 saturated heterocycles. The number of imidazole rings is 1. The van der Waals surface area contributed by atoms with E-state index in [1.165, 1.54) is 21.5 Å². The number of carbonyl (C=O) groups is 1. The second-order valence-corrected chi connectivity index (χ2v) is 8.18. The Kier molecular flexibility index (Phi) is 4.87. The van der Waals surface area contributed by atoms with Crippen LogP contribution in [0.1, 0.15) is 12.8 Å². The van der Waals surface area contributed by atoms with Crippen LogP contribution in [-0.4, -0.2) is 70.6 Å². The van der Waals surface area contributed by atoms with E-state index in [0.29, 0.717) is 31.6 Å². The van der Waals surface area contributed by atoms with Crippen LogP contribution >= 0.6 is 0 Å². The van der Waals surface area contributed by atoms with Crippen molar-refractivity contribution in [3.8, 4) is 11.3 Å². The van der Waals surface area contributed by atoms with Gasteiger partial charge in [0, 0.05) is 50.3 Å². The van der Waals surface area contributed by atoms with Crippen molar-refractivity contribution >= 4 is 16.1 Å². The maximum absolute atomic E-state index is 12.7. The maximum Gasteiger partial charge on any atom is 0.329 e. The van der Waals surface area contributed by atoms with Crippen LogP contribution in [0.15, 0.2) is 37.1 Å². The summed E-state index contributed by atoms with van der Waals surface area (Å²) in [5.41, 5.74) is 1.53. The molecule has 0 bridgehead atoms. The second kappa shape index (κ2) is 6.93. The van der Waals surface area contributed by atoms with Crippen LogP contribution in [0.25, 0.3) is 11.3 Å². The molecular weight excluding hydrogens is 342 g/mol. The lowest BCUT2D eigenvalue weighted by molar-refractivity contribution is 0.164. The normalized spacial score (nSPS) is 16.7. The summed E-state index contributed by atoms with van der Waals surface area (Å²) in [4.78, 5) is 22.6. The summed E-state index contributed by atoms with van der Waals surface area (Å²) in [5, 5.41) is 0. The number of hydrogen-bond donors (Lipinski definition) is 0. The maximum atomic E-state index is 12.7. The summed E-state index contributed by atoms with van der Waals surface area (Å²) >= 11 is 0. The zero-order valence-electron chi connectivity index (χ0n) is 14.2. The molecule has 0 N–H and O–H groups in total. The van der Waals surface area contributed by atoms with Crippen LogP contribution in [0.3, 0.4) is 0 Å². The van der Waals surface area contributed by atoms with Gasteiger partial charge in [0.2, 0.25) is 10.0 Å². The summed E-state index contributed by atoms with van der Waals surface area (Å²) in [6, 6.07) is 3.53. The summed E-state index contributed by atoms with van der Waals surface area (Å²) < 4.78 is 26.1. The first kappa shape index (κ1) is 17.6. The smallest absolute Gasteiger partial charge is 0.324 e. The third-order valence-electron chi connectivity index (χ3n) is 4.50. The summed E-state index contributed by atoms with van der Waals surface area (Å²) in [7, 11) is -1.42. The van der Waals surface area contributed by atoms with Gasteiger partial charge >= 0.3 is 6.03 Å². The molecule has 2 aromatic heterocycles. The van der Waals surface area contributed by atoms with E-state index in [9.17, 15) is 13.2 Å². The van der Waals surface area contributed by atoms with E-state index in [-0.39, 0.29) is 12.1 Å². The standard InChI is InChI=1S/C16H21N5O3S/c1-19(14-5-8-21(9-6-14)25(2,23)24)16(22)20-11-15(18-12-20)13-4-3-7-17-10-13/h3-4,7,10-12,14H,5-6,8-9H2,1-2H3. The number of rotatable bonds is 3. The molecule has 0 radical (unpaired) electrons. The van der Waals surface area contributed by atoms with E-state index >= 15 is 0 Å². The lowest BCUT2D eigenvalue weighted by Crippen LogP contribution is -2.47. The van der Waals surface area contributed by atoms with Crippen molar-refractivity contribution in [2.75, 3.05) is 26.4 Å². The summed E-state index contributed by atoms with van der Waals surface area (Å²) in [6.07, 6.45) is 9.02. The quantitative estimate of drug-likeness (QED) is 0.819. The van der Waals surface area contributed by atoms with Crippen LogP contribution in [0.4, 0.5) is 4.79 Å². The van der Waals surface area contributed by atoms with Crippen molar-refractivity contribution in [2.24, 2.45) is 0 Å². The van der Waals surface area contributed by atoms with Gasteiger partial charge in [-0.25, -0.2) is 22.5 Å². The van der Waals surface area contributed by atoms with Gasteiger partial charge in [-0.05, 0) is 25.0 Å². The molecule has 8 nitrogen and oxygen atoms in total. The predicted octanol–water partition coefficient (Wildman–Crippen LogP) is 1.27. The van der Waals surface area contributed by atoms with Gasteiger partial charge < -0.3 is 4.90 Å². The molecule has 9 heteroatoms. The molecule has 134 valence electrons. The predicted molar refractivity (Wildman–Crippen MR) is 93.5 cm³/mol. The number of sulfonamides is 1. The first-order valence-corrected chi connectivity index (χ1v) is 9.88. The number of amides is 1. The Morgan fingerprint density at radius 2 is 2.04 bits per heavy atom. The SMILES string of the molecule is CN(C(=O)n1cnc(-c2cccnc2)c1)C1CCN(S(C)(=O)=O)CC1. The molecule has 1 aliphatic rings. The van der Waals surface area contributed by atoms with E-state index in [1.807, 2.05) is 12.1 Å². The molecule has 1 amide bonds. The van der Waals surface area contributed by atoms with Gasteiger partial charge in [0.25, 0.3) is 0 Å². The van der Waals surface area contributed by atoms with E-state index < -0.39 is 10.0 Å². The van der Waals surface area contributed by atoms with Crippen molar-refractivity contribution in [1.29, 1.82) is 0 Å². The topological polar surface area (TPSA) is 88.4 Å². The number of aromatic nitrogens is 3. The van der Waals surface area contributed by atoms with Gasteiger partial charge in [0.05, 0.1) is 11.9 Å². The molecule has 3 rings (SSSR count). The first-order chi connectivity index (χ1) is 11.9. The molecule has 0 aromatic carbocycles. The number of pyridine rings is 1. The average Bonchev–Trinajstić information content (AvgIpc) is 3.11. The highest BCUT2D eigenvalue weighted by molar-refractivity contribution is 7.88. The van der Waals surface area contributed by atoms with Gasteiger partial charge in [-0.1, -0.05) is 0 Å². The third kappa shape index (κ3) is 3.88. The zero-order chi connectivity index (χ0) is 18.0. The minimum Gasteiger partial charge on any atom is -0.324 e. The summed E-state index contributed by atoms with van der Waals surface area (Å²) in [5.74, 6) is 0. The van der Waals surface area contributed by atoms with Crippen LogP contribution < -0.4 is 0 Å².